The predicted octanol–water partition coefficient (Wildman–Crippen LogP) is -0.132. The van der Waals surface area contributed by atoms with E-state index in [4.69, 9.17) is 10.8 Å². The summed E-state index contributed by atoms with van der Waals surface area (Å²) in [5, 5.41) is 36.7. The highest BCUT2D eigenvalue weighted by Gasteiger charge is 2.33. The second kappa shape index (κ2) is 14.3. The third-order valence-electron chi connectivity index (χ3n) is 6.12. The molecule has 9 N–H and O–H groups in total. The van der Waals surface area contributed by atoms with Crippen LogP contribution in [0.3, 0.4) is 0 Å². The number of aromatic amines is 1. The smallest absolute Gasteiger partial charge is 0.326 e. The van der Waals surface area contributed by atoms with Crippen molar-refractivity contribution in [2.24, 2.45) is 11.7 Å². The van der Waals surface area contributed by atoms with Crippen LogP contribution in [0.15, 0.2) is 30.5 Å². The van der Waals surface area contributed by atoms with Crippen LogP contribution in [0.4, 0.5) is 0 Å². The lowest BCUT2D eigenvalue weighted by molar-refractivity contribution is -0.143. The maximum absolute atomic E-state index is 13.4. The van der Waals surface area contributed by atoms with Gasteiger partial charge < -0.3 is 42.0 Å². The minimum absolute atomic E-state index is 0.0213. The molecule has 2 rings (SSSR count). The molecule has 0 radical (unpaired) electrons. The Morgan fingerprint density at radius 3 is 2.15 bits per heavy atom. The lowest BCUT2D eigenvalue weighted by Crippen LogP contribution is -2.60. The third kappa shape index (κ3) is 9.37. The van der Waals surface area contributed by atoms with Crippen LogP contribution in [0.5, 0.6) is 0 Å². The summed E-state index contributed by atoms with van der Waals surface area (Å²) >= 11 is 0. The molecule has 39 heavy (non-hydrogen) atoms. The Hall–Kier alpha value is -3.97. The maximum atomic E-state index is 13.4. The van der Waals surface area contributed by atoms with Crippen molar-refractivity contribution in [1.29, 1.82) is 0 Å². The van der Waals surface area contributed by atoms with Gasteiger partial charge in [0.1, 0.15) is 18.1 Å². The SMILES string of the molecule is CC(C)CC(NC(=O)C(NC(=O)C(Cc1c[nH]c2ccccc12)NC(=O)C(N)CCC(=O)O)C(C)O)C(=O)O. The Morgan fingerprint density at radius 2 is 1.56 bits per heavy atom. The number of aliphatic hydroxyl groups excluding tert-OH is 1. The second-order valence-corrected chi connectivity index (χ2v) is 9.92. The molecule has 1 aromatic heterocycles. The van der Waals surface area contributed by atoms with E-state index in [1.54, 1.807) is 26.1 Å². The average Bonchev–Trinajstić information content (AvgIpc) is 3.26. The molecule has 0 aliphatic carbocycles. The fourth-order valence-corrected chi connectivity index (χ4v) is 4.03. The van der Waals surface area contributed by atoms with Gasteiger partial charge in [0.2, 0.25) is 17.7 Å². The highest BCUT2D eigenvalue weighted by Crippen LogP contribution is 2.19. The number of benzene rings is 1. The molecule has 13 nitrogen and oxygen atoms in total. The number of amides is 3. The Labute approximate surface area is 225 Å². The van der Waals surface area contributed by atoms with Gasteiger partial charge in [-0.1, -0.05) is 32.0 Å². The molecule has 0 aliphatic rings. The van der Waals surface area contributed by atoms with Crippen LogP contribution < -0.4 is 21.7 Å². The molecule has 3 amide bonds. The summed E-state index contributed by atoms with van der Waals surface area (Å²) in [7, 11) is 0. The first kappa shape index (κ1) is 31.2. The van der Waals surface area contributed by atoms with Gasteiger partial charge in [-0.25, -0.2) is 4.79 Å². The minimum Gasteiger partial charge on any atom is -0.481 e. The number of carboxylic acid groups (broad SMARTS) is 2. The van der Waals surface area contributed by atoms with Gasteiger partial charge >= 0.3 is 11.9 Å². The molecular weight excluding hydrogens is 510 g/mol. The predicted molar refractivity (Wildman–Crippen MR) is 141 cm³/mol. The van der Waals surface area contributed by atoms with Gasteiger partial charge in [-0.3, -0.25) is 19.2 Å². The normalized spacial score (nSPS) is 15.1. The zero-order valence-electron chi connectivity index (χ0n) is 22.1. The van der Waals surface area contributed by atoms with Gasteiger partial charge in [0.05, 0.1) is 12.1 Å². The van der Waals surface area contributed by atoms with Crippen LogP contribution in [0.1, 0.15) is 45.6 Å². The number of nitrogens with two attached hydrogens (primary N) is 1. The topological polar surface area (TPSA) is 224 Å². The molecule has 1 heterocycles. The number of aromatic nitrogens is 1. The summed E-state index contributed by atoms with van der Waals surface area (Å²) in [5.41, 5.74) is 7.29. The van der Waals surface area contributed by atoms with E-state index < -0.39 is 59.9 Å². The second-order valence-electron chi connectivity index (χ2n) is 9.92. The van der Waals surface area contributed by atoms with Crippen molar-refractivity contribution in [2.45, 2.75) is 76.7 Å². The summed E-state index contributed by atoms with van der Waals surface area (Å²) in [5.74, 6) is -4.93. The molecule has 0 saturated heterocycles. The van der Waals surface area contributed by atoms with Gasteiger partial charge in [0.25, 0.3) is 0 Å². The van der Waals surface area contributed by atoms with Crippen molar-refractivity contribution >= 4 is 40.6 Å². The molecule has 0 fully saturated rings. The quantitative estimate of drug-likeness (QED) is 0.148. The van der Waals surface area contributed by atoms with E-state index >= 15 is 0 Å². The number of carbonyl (C=O) groups is 5. The van der Waals surface area contributed by atoms with Crippen LogP contribution in [-0.4, -0.2) is 80.2 Å². The summed E-state index contributed by atoms with van der Waals surface area (Å²) < 4.78 is 0. The van der Waals surface area contributed by atoms with Crippen LogP contribution in [0.25, 0.3) is 10.9 Å². The Morgan fingerprint density at radius 1 is 0.923 bits per heavy atom. The zero-order chi connectivity index (χ0) is 29.3. The number of H-pyrrole nitrogens is 1. The Bertz CT molecular complexity index is 1180. The number of nitrogens with one attached hydrogen (secondary N) is 4. The first-order valence-corrected chi connectivity index (χ1v) is 12.6. The fraction of sp³-hybridized carbons (Fsp3) is 0.500. The van der Waals surface area contributed by atoms with Crippen LogP contribution in [0.2, 0.25) is 0 Å². The van der Waals surface area contributed by atoms with E-state index in [1.807, 2.05) is 18.2 Å². The van der Waals surface area contributed by atoms with E-state index in [1.165, 1.54) is 6.92 Å². The molecule has 5 atom stereocenters. The summed E-state index contributed by atoms with van der Waals surface area (Å²) in [6, 6.07) is 2.07. The number of carboxylic acids is 2. The molecule has 13 heteroatoms. The summed E-state index contributed by atoms with van der Waals surface area (Å²) in [6.45, 7) is 4.84. The first-order chi connectivity index (χ1) is 18.3. The number of aliphatic carboxylic acids is 2. The summed E-state index contributed by atoms with van der Waals surface area (Å²) in [6.07, 6.45) is -0.122. The number of hydrogen-bond donors (Lipinski definition) is 8. The van der Waals surface area contributed by atoms with Crippen molar-refractivity contribution < 1.29 is 39.3 Å². The number of aliphatic hydroxyl groups is 1. The van der Waals surface area contributed by atoms with Crippen molar-refractivity contribution in [1.82, 2.24) is 20.9 Å². The number of carbonyl (C=O) groups excluding carboxylic acids is 3. The van der Waals surface area contributed by atoms with Crippen LogP contribution in [0, 0.1) is 5.92 Å². The highest BCUT2D eigenvalue weighted by atomic mass is 16.4. The molecular formula is C26H37N5O8. The first-order valence-electron chi connectivity index (χ1n) is 12.6. The molecule has 2 aromatic rings. The molecule has 0 bridgehead atoms. The van der Waals surface area contributed by atoms with E-state index in [-0.39, 0.29) is 31.6 Å². The van der Waals surface area contributed by atoms with E-state index in [0.29, 0.717) is 5.56 Å². The molecule has 1 aromatic carbocycles. The maximum Gasteiger partial charge on any atom is 0.326 e. The van der Waals surface area contributed by atoms with Crippen LogP contribution >= 0.6 is 0 Å². The third-order valence-corrected chi connectivity index (χ3v) is 6.12. The molecule has 5 unspecified atom stereocenters. The summed E-state index contributed by atoms with van der Waals surface area (Å²) in [4.78, 5) is 64.5. The van der Waals surface area contributed by atoms with Crippen molar-refractivity contribution in [3.63, 3.8) is 0 Å². The number of para-hydroxylation sites is 1. The minimum atomic E-state index is -1.52. The number of rotatable bonds is 15. The van der Waals surface area contributed by atoms with Gasteiger partial charge in [0.15, 0.2) is 0 Å². The zero-order valence-corrected chi connectivity index (χ0v) is 22.1. The van der Waals surface area contributed by atoms with Crippen LogP contribution in [-0.2, 0) is 30.4 Å². The average molecular weight is 548 g/mol. The van der Waals surface area contributed by atoms with Crippen molar-refractivity contribution in [3.05, 3.63) is 36.0 Å². The lowest BCUT2D eigenvalue weighted by Gasteiger charge is -2.27. The largest absolute Gasteiger partial charge is 0.481 e. The Balaban J connectivity index is 2.27. The van der Waals surface area contributed by atoms with Gasteiger partial charge in [-0.15, -0.1) is 0 Å². The molecule has 0 spiro atoms. The fourth-order valence-electron chi connectivity index (χ4n) is 4.03. The number of fused-ring (bicyclic) bond motifs is 1. The highest BCUT2D eigenvalue weighted by molar-refractivity contribution is 5.95. The molecule has 0 saturated carbocycles. The number of hydrogen-bond acceptors (Lipinski definition) is 7. The van der Waals surface area contributed by atoms with E-state index in [0.717, 1.165) is 10.9 Å². The molecule has 214 valence electrons. The van der Waals surface area contributed by atoms with Gasteiger partial charge in [-0.2, -0.15) is 0 Å². The standard InChI is InChI=1S/C26H37N5O8/c1-13(2)10-20(26(38)39)30-25(37)22(14(3)32)31-24(36)19(29-23(35)17(27)8-9-21(33)34)11-15-12-28-18-7-5-4-6-16(15)18/h4-7,12-14,17,19-20,22,28,32H,8-11,27H2,1-3H3,(H,29,35)(H,30,37)(H,31,36)(H,33,34)(H,38,39). The monoisotopic (exact) mass is 547 g/mol. The van der Waals surface area contributed by atoms with E-state index in [9.17, 15) is 34.2 Å². The van der Waals surface area contributed by atoms with Gasteiger partial charge in [-0.05, 0) is 37.3 Å². The lowest BCUT2D eigenvalue weighted by atomic mass is 10.0. The van der Waals surface area contributed by atoms with Crippen molar-refractivity contribution in [3.8, 4) is 0 Å². The van der Waals surface area contributed by atoms with Gasteiger partial charge in [0, 0.05) is 29.9 Å². The van der Waals surface area contributed by atoms with E-state index in [2.05, 4.69) is 20.9 Å². The van der Waals surface area contributed by atoms with Crippen molar-refractivity contribution in [2.75, 3.05) is 0 Å². The molecule has 0 aliphatic heterocycles. The Kier molecular flexibility index (Phi) is 11.4.